The van der Waals surface area contributed by atoms with Crippen LogP contribution in [0.15, 0.2) is 28.9 Å². The van der Waals surface area contributed by atoms with Gasteiger partial charge in [-0.25, -0.2) is 4.68 Å². The van der Waals surface area contributed by atoms with Crippen LogP contribution in [0.25, 0.3) is 0 Å². The summed E-state index contributed by atoms with van der Waals surface area (Å²) in [6.45, 7) is 0.623. The highest BCUT2D eigenvalue weighted by molar-refractivity contribution is 9.10. The molecule has 96 valence electrons. The average Bonchev–Trinajstić information content (AvgIpc) is 2.77. The molecule has 0 atom stereocenters. The summed E-state index contributed by atoms with van der Waals surface area (Å²) in [5.41, 5.74) is 1.95. The Morgan fingerprint density at radius 2 is 2.28 bits per heavy atom. The predicted molar refractivity (Wildman–Crippen MR) is 74.2 cm³/mol. The van der Waals surface area contributed by atoms with E-state index in [2.05, 4.69) is 26.2 Å². The maximum Gasteiger partial charge on any atom is 0.124 e. The van der Waals surface area contributed by atoms with Gasteiger partial charge in [-0.2, -0.15) is 0 Å². The number of aromatic nitrogens is 3. The lowest BCUT2D eigenvalue weighted by Crippen LogP contribution is -2.02. The number of benzene rings is 1. The fourth-order valence-corrected chi connectivity index (χ4v) is 2.27. The van der Waals surface area contributed by atoms with Crippen molar-refractivity contribution in [1.29, 1.82) is 0 Å². The second-order valence-electron chi connectivity index (χ2n) is 3.80. The highest BCUT2D eigenvalue weighted by Crippen LogP contribution is 2.23. The molecule has 1 heterocycles. The van der Waals surface area contributed by atoms with Gasteiger partial charge in [0.1, 0.15) is 5.75 Å². The molecule has 4 nitrogen and oxygen atoms in total. The Balaban J connectivity index is 2.19. The van der Waals surface area contributed by atoms with Gasteiger partial charge in [-0.05, 0) is 18.2 Å². The van der Waals surface area contributed by atoms with Crippen molar-refractivity contribution in [1.82, 2.24) is 15.0 Å². The summed E-state index contributed by atoms with van der Waals surface area (Å²) in [6, 6.07) is 5.89. The van der Waals surface area contributed by atoms with Gasteiger partial charge >= 0.3 is 0 Å². The third kappa shape index (κ3) is 3.23. The van der Waals surface area contributed by atoms with E-state index in [0.29, 0.717) is 12.4 Å². The minimum atomic E-state index is 0.554. The summed E-state index contributed by atoms with van der Waals surface area (Å²) >= 11 is 9.12. The maximum absolute atomic E-state index is 5.67. The highest BCUT2D eigenvalue weighted by atomic mass is 79.9. The molecule has 1 aromatic carbocycles. The van der Waals surface area contributed by atoms with E-state index in [1.165, 1.54) is 0 Å². The van der Waals surface area contributed by atoms with Gasteiger partial charge in [0.2, 0.25) is 0 Å². The molecule has 0 aliphatic heterocycles. The number of methoxy groups -OCH3 is 1. The second-order valence-corrected chi connectivity index (χ2v) is 5.10. The number of alkyl halides is 1. The number of nitrogens with zero attached hydrogens (tertiary/aromatic N) is 3. The normalized spacial score (nSPS) is 10.6. The van der Waals surface area contributed by atoms with Crippen LogP contribution in [0.4, 0.5) is 0 Å². The quantitative estimate of drug-likeness (QED) is 0.792. The number of ether oxygens (including phenoxy) is 1. The Hall–Kier alpha value is -1.07. The molecule has 0 aliphatic rings. The number of hydrogen-bond acceptors (Lipinski definition) is 3. The lowest BCUT2D eigenvalue weighted by atomic mass is 10.2. The summed E-state index contributed by atoms with van der Waals surface area (Å²) in [5, 5.41) is 8.13. The molecular weight excluding hydrogens is 318 g/mol. The van der Waals surface area contributed by atoms with Crippen molar-refractivity contribution in [3.8, 4) is 5.75 Å². The van der Waals surface area contributed by atoms with Crippen LogP contribution in [0.3, 0.4) is 0 Å². The first-order valence-corrected chi connectivity index (χ1v) is 6.83. The van der Waals surface area contributed by atoms with Crippen LogP contribution in [-0.4, -0.2) is 28.0 Å². The first-order chi connectivity index (χ1) is 8.72. The fraction of sp³-hybridized carbons (Fsp3) is 0.333. The lowest BCUT2D eigenvalue weighted by Gasteiger charge is -2.08. The first-order valence-electron chi connectivity index (χ1n) is 5.50. The van der Waals surface area contributed by atoms with Gasteiger partial charge in [0, 0.05) is 28.5 Å². The van der Waals surface area contributed by atoms with Crippen LogP contribution in [0.1, 0.15) is 11.3 Å². The van der Waals surface area contributed by atoms with Gasteiger partial charge in [0.15, 0.2) is 0 Å². The van der Waals surface area contributed by atoms with E-state index in [1.54, 1.807) is 11.8 Å². The third-order valence-corrected chi connectivity index (χ3v) is 3.19. The van der Waals surface area contributed by atoms with Gasteiger partial charge in [-0.3, -0.25) is 0 Å². The summed E-state index contributed by atoms with van der Waals surface area (Å²) in [5.74, 6) is 1.39. The van der Waals surface area contributed by atoms with E-state index in [4.69, 9.17) is 16.3 Å². The molecule has 0 fully saturated rings. The summed E-state index contributed by atoms with van der Waals surface area (Å²) < 4.78 is 8.12. The van der Waals surface area contributed by atoms with Crippen LogP contribution < -0.4 is 4.74 Å². The lowest BCUT2D eigenvalue weighted by molar-refractivity contribution is 0.407. The molecular formula is C12H13BrClN3O. The molecule has 0 saturated heterocycles. The molecule has 0 aliphatic carbocycles. The van der Waals surface area contributed by atoms with E-state index in [9.17, 15) is 0 Å². The van der Waals surface area contributed by atoms with Gasteiger partial charge in [-0.1, -0.05) is 21.1 Å². The zero-order valence-corrected chi connectivity index (χ0v) is 12.3. The Kier molecular flexibility index (Phi) is 4.60. The number of hydrogen-bond donors (Lipinski definition) is 0. The monoisotopic (exact) mass is 329 g/mol. The molecule has 0 radical (unpaired) electrons. The smallest absolute Gasteiger partial charge is 0.124 e. The van der Waals surface area contributed by atoms with Crippen LogP contribution in [0.2, 0.25) is 0 Å². The van der Waals surface area contributed by atoms with Crippen molar-refractivity contribution in [2.24, 2.45) is 0 Å². The van der Waals surface area contributed by atoms with Crippen molar-refractivity contribution in [2.45, 2.75) is 13.0 Å². The minimum Gasteiger partial charge on any atom is -0.496 e. The van der Waals surface area contributed by atoms with E-state index in [1.807, 2.05) is 24.4 Å². The van der Waals surface area contributed by atoms with Gasteiger partial charge in [0.25, 0.3) is 0 Å². The largest absolute Gasteiger partial charge is 0.496 e. The van der Waals surface area contributed by atoms with E-state index in [0.717, 1.165) is 27.9 Å². The molecule has 0 bridgehead atoms. The number of aryl methyl sites for hydroxylation is 1. The predicted octanol–water partition coefficient (Wildman–Crippen LogP) is 2.88. The molecule has 0 unspecified atom stereocenters. The number of rotatable bonds is 5. The maximum atomic E-state index is 5.67. The average molecular weight is 331 g/mol. The van der Waals surface area contributed by atoms with E-state index in [-0.39, 0.29) is 0 Å². The number of halogens is 2. The molecule has 6 heteroatoms. The van der Waals surface area contributed by atoms with Crippen LogP contribution in [0.5, 0.6) is 5.75 Å². The molecule has 2 rings (SSSR count). The molecule has 0 spiro atoms. The van der Waals surface area contributed by atoms with Crippen molar-refractivity contribution in [2.75, 3.05) is 13.0 Å². The van der Waals surface area contributed by atoms with Gasteiger partial charge in [0.05, 0.1) is 19.3 Å². The SMILES string of the molecule is COc1ccc(Br)cc1Cn1cc(CCCl)nn1. The van der Waals surface area contributed by atoms with Crippen molar-refractivity contribution >= 4 is 27.5 Å². The highest BCUT2D eigenvalue weighted by Gasteiger charge is 2.06. The Labute approximate surface area is 119 Å². The summed E-state index contributed by atoms with van der Waals surface area (Å²) in [7, 11) is 1.66. The van der Waals surface area contributed by atoms with Crippen molar-refractivity contribution in [3.05, 3.63) is 40.1 Å². The Morgan fingerprint density at radius 1 is 1.44 bits per heavy atom. The van der Waals surface area contributed by atoms with Crippen LogP contribution in [-0.2, 0) is 13.0 Å². The second kappa shape index (κ2) is 6.20. The topological polar surface area (TPSA) is 39.9 Å². The summed E-state index contributed by atoms with van der Waals surface area (Å²) in [4.78, 5) is 0. The van der Waals surface area contributed by atoms with Gasteiger partial charge in [-0.15, -0.1) is 16.7 Å². The minimum absolute atomic E-state index is 0.554. The molecule has 0 saturated carbocycles. The van der Waals surface area contributed by atoms with E-state index < -0.39 is 0 Å². The first kappa shape index (κ1) is 13.4. The summed E-state index contributed by atoms with van der Waals surface area (Å²) in [6.07, 6.45) is 2.64. The zero-order valence-electron chi connectivity index (χ0n) is 9.94. The van der Waals surface area contributed by atoms with Crippen molar-refractivity contribution < 1.29 is 4.74 Å². The molecule has 1 aromatic heterocycles. The van der Waals surface area contributed by atoms with Crippen LogP contribution in [0, 0.1) is 0 Å². The standard InChI is InChI=1S/C12H13BrClN3O/c1-18-12-3-2-10(13)6-9(12)7-17-8-11(4-5-14)15-16-17/h2-3,6,8H,4-5,7H2,1H3. The Morgan fingerprint density at radius 3 is 3.00 bits per heavy atom. The fourth-order valence-electron chi connectivity index (χ4n) is 1.67. The molecule has 0 amide bonds. The van der Waals surface area contributed by atoms with Crippen molar-refractivity contribution in [3.63, 3.8) is 0 Å². The molecule has 2 aromatic rings. The van der Waals surface area contributed by atoms with Gasteiger partial charge < -0.3 is 4.74 Å². The van der Waals surface area contributed by atoms with Crippen LogP contribution >= 0.6 is 27.5 Å². The third-order valence-electron chi connectivity index (χ3n) is 2.51. The zero-order chi connectivity index (χ0) is 13.0. The Bertz CT molecular complexity index is 530. The molecule has 0 N–H and O–H groups in total. The van der Waals surface area contributed by atoms with E-state index >= 15 is 0 Å². The molecule has 18 heavy (non-hydrogen) atoms.